The number of piperidine rings is 2. The predicted molar refractivity (Wildman–Crippen MR) is 159 cm³/mol. The summed E-state index contributed by atoms with van der Waals surface area (Å²) in [5.41, 5.74) is 0.569. The summed E-state index contributed by atoms with van der Waals surface area (Å²) in [6, 6.07) is 2.33. The van der Waals surface area contributed by atoms with Crippen LogP contribution < -0.4 is 16.0 Å². The molecule has 3 aliphatic heterocycles. The number of hydrogen-bond donors (Lipinski definition) is 3. The number of anilines is 1. The number of carbonyl (C=O) groups is 4. The second-order valence-corrected chi connectivity index (χ2v) is 12.6. The largest absolute Gasteiger partial charge is 0.461 e. The van der Waals surface area contributed by atoms with Crippen LogP contribution in [0, 0.1) is 17.8 Å². The maximum atomic E-state index is 15.3. The smallest absolute Gasteiger partial charge is 0.366 e. The average Bonchev–Trinajstić information content (AvgIpc) is 3.35. The van der Waals surface area contributed by atoms with Crippen LogP contribution in [0.15, 0.2) is 36.2 Å². The Labute approximate surface area is 260 Å². The van der Waals surface area contributed by atoms with E-state index in [4.69, 9.17) is 16.3 Å². The Morgan fingerprint density at radius 3 is 2.59 bits per heavy atom. The summed E-state index contributed by atoms with van der Waals surface area (Å²) in [7, 11) is 0. The van der Waals surface area contributed by atoms with Crippen LogP contribution >= 0.6 is 11.6 Å². The van der Waals surface area contributed by atoms with Crippen molar-refractivity contribution in [3.8, 4) is 0 Å². The number of alkyl halides is 2. The molecule has 0 unspecified atom stereocenters. The van der Waals surface area contributed by atoms with Crippen molar-refractivity contribution in [1.29, 1.82) is 0 Å². The second kappa shape index (κ2) is 14.2. The van der Waals surface area contributed by atoms with Gasteiger partial charge in [0.25, 0.3) is 5.92 Å². The van der Waals surface area contributed by atoms with Crippen molar-refractivity contribution in [2.45, 2.75) is 89.4 Å². The lowest BCUT2D eigenvalue weighted by Gasteiger charge is -2.54. The van der Waals surface area contributed by atoms with Gasteiger partial charge in [0.2, 0.25) is 23.5 Å². The van der Waals surface area contributed by atoms with E-state index in [1.54, 1.807) is 24.3 Å². The number of halogens is 4. The maximum absolute atomic E-state index is 15.3. The monoisotopic (exact) mass is 640 g/mol. The molecule has 0 radical (unpaired) electrons. The molecule has 1 aliphatic carbocycles. The number of fused-ring (bicyclic) bond motifs is 3. The molecule has 4 fully saturated rings. The first-order valence-electron chi connectivity index (χ1n) is 15.1. The molecule has 9 nitrogen and oxygen atoms in total. The van der Waals surface area contributed by atoms with Gasteiger partial charge in [0.15, 0.2) is 0 Å². The lowest BCUT2D eigenvalue weighted by molar-refractivity contribution is -0.194. The van der Waals surface area contributed by atoms with Gasteiger partial charge in [-0.05, 0) is 69.2 Å². The van der Waals surface area contributed by atoms with Gasteiger partial charge in [-0.1, -0.05) is 31.5 Å². The van der Waals surface area contributed by atoms with Crippen LogP contribution in [0.25, 0.3) is 0 Å². The third-order valence-electron chi connectivity index (χ3n) is 8.48. The molecule has 44 heavy (non-hydrogen) atoms. The van der Waals surface area contributed by atoms with Gasteiger partial charge in [0, 0.05) is 35.6 Å². The van der Waals surface area contributed by atoms with E-state index in [2.05, 4.69) is 16.0 Å². The number of rotatable bonds is 12. The SMILES string of the molecule is CCOC(=O)/C(F)=C/[C@@H](C[C@H]1CCNC1=O)NC(=O)[C@@H]1[C@@H]2CC[C@@H](CC2(F)F)N1C(=O)[C@H](CC(C)C)Nc1cccc(Cl)c1. The molecule has 1 aromatic rings. The molecule has 6 atom stereocenters. The quantitative estimate of drug-likeness (QED) is 0.227. The lowest BCUT2D eigenvalue weighted by Crippen LogP contribution is -2.70. The first-order chi connectivity index (χ1) is 20.8. The molecule has 1 aromatic carbocycles. The molecular formula is C31H40ClF3N4O5. The van der Waals surface area contributed by atoms with Crippen LogP contribution in [-0.2, 0) is 23.9 Å². The molecule has 3 N–H and O–H groups in total. The lowest BCUT2D eigenvalue weighted by atomic mass is 9.71. The summed E-state index contributed by atoms with van der Waals surface area (Å²) < 4.78 is 50.1. The summed E-state index contributed by atoms with van der Waals surface area (Å²) in [6.45, 7) is 5.67. The number of carbonyl (C=O) groups excluding carboxylic acids is 4. The molecule has 0 spiro atoms. The highest BCUT2D eigenvalue weighted by molar-refractivity contribution is 6.30. The van der Waals surface area contributed by atoms with Crippen molar-refractivity contribution in [3.05, 3.63) is 41.2 Å². The minimum atomic E-state index is -3.21. The Morgan fingerprint density at radius 2 is 1.98 bits per heavy atom. The summed E-state index contributed by atoms with van der Waals surface area (Å²) in [5, 5.41) is 8.90. The Balaban J connectivity index is 1.65. The Hall–Kier alpha value is -3.28. The third kappa shape index (κ3) is 7.86. The van der Waals surface area contributed by atoms with E-state index in [-0.39, 0.29) is 31.3 Å². The number of hydrogen-bond acceptors (Lipinski definition) is 6. The molecule has 2 bridgehead atoms. The predicted octanol–water partition coefficient (Wildman–Crippen LogP) is 4.61. The standard InChI is InChI=1S/C31H40ClF3N4O5/c1-4-44-30(43)24(33)15-21(13-18-10-11-36-27(18)40)38-28(41)26-23-9-8-22(16-31(23,34)35)39(26)29(42)25(12-17(2)3)37-20-7-5-6-19(32)14-20/h5-7,14-15,17-18,21-23,25-26,37H,4,8-13,16H2,1-3H3,(H,36,40)(H,38,41)/b24-15-/t18-,21-,22+,23+,25+,26+/m1/s1. The van der Waals surface area contributed by atoms with E-state index in [1.165, 1.54) is 11.8 Å². The molecular weight excluding hydrogens is 601 g/mol. The minimum Gasteiger partial charge on any atom is -0.461 e. The van der Waals surface area contributed by atoms with Crippen molar-refractivity contribution in [3.63, 3.8) is 0 Å². The van der Waals surface area contributed by atoms with Crippen LogP contribution in [0.4, 0.5) is 18.9 Å². The summed E-state index contributed by atoms with van der Waals surface area (Å²) in [6.07, 6.45) is 1.32. The summed E-state index contributed by atoms with van der Waals surface area (Å²) >= 11 is 6.14. The van der Waals surface area contributed by atoms with E-state index in [9.17, 15) is 23.6 Å². The number of nitrogens with zero attached hydrogens (tertiary/aromatic N) is 1. The molecule has 13 heteroatoms. The van der Waals surface area contributed by atoms with E-state index in [0.29, 0.717) is 36.5 Å². The van der Waals surface area contributed by atoms with E-state index >= 15 is 8.78 Å². The fourth-order valence-corrected chi connectivity index (χ4v) is 6.72. The van der Waals surface area contributed by atoms with Crippen LogP contribution in [0.3, 0.4) is 0 Å². The third-order valence-corrected chi connectivity index (χ3v) is 8.71. The number of benzene rings is 1. The molecule has 3 amide bonds. The Morgan fingerprint density at radius 1 is 1.23 bits per heavy atom. The van der Waals surface area contributed by atoms with Crippen molar-refractivity contribution in [2.75, 3.05) is 18.5 Å². The first kappa shape index (κ1) is 33.6. The number of nitrogens with one attached hydrogen (secondary N) is 3. The second-order valence-electron chi connectivity index (χ2n) is 12.2. The summed E-state index contributed by atoms with van der Waals surface area (Å²) in [5.74, 6) is -9.42. The van der Waals surface area contributed by atoms with Crippen LogP contribution in [-0.4, -0.2) is 71.8 Å². The van der Waals surface area contributed by atoms with Gasteiger partial charge < -0.3 is 25.6 Å². The van der Waals surface area contributed by atoms with Gasteiger partial charge >= 0.3 is 5.97 Å². The maximum Gasteiger partial charge on any atom is 0.366 e. The number of esters is 1. The summed E-state index contributed by atoms with van der Waals surface area (Å²) in [4.78, 5) is 53.7. The van der Waals surface area contributed by atoms with Crippen LogP contribution in [0.2, 0.25) is 5.02 Å². The van der Waals surface area contributed by atoms with Gasteiger partial charge in [-0.3, -0.25) is 14.4 Å². The highest BCUT2D eigenvalue weighted by Gasteiger charge is 2.61. The van der Waals surface area contributed by atoms with E-state index in [1.807, 2.05) is 13.8 Å². The number of ether oxygens (including phenoxy) is 1. The fourth-order valence-electron chi connectivity index (χ4n) is 6.53. The van der Waals surface area contributed by atoms with Gasteiger partial charge in [-0.15, -0.1) is 0 Å². The number of amides is 3. The van der Waals surface area contributed by atoms with E-state index in [0.717, 1.165) is 6.08 Å². The highest BCUT2D eigenvalue weighted by atomic mass is 35.5. The van der Waals surface area contributed by atoms with Crippen molar-refractivity contribution in [1.82, 2.24) is 15.5 Å². The molecule has 3 heterocycles. The normalized spacial score (nSPS) is 25.8. The topological polar surface area (TPSA) is 117 Å². The van der Waals surface area contributed by atoms with Gasteiger partial charge in [0.1, 0.15) is 12.1 Å². The molecule has 5 rings (SSSR count). The molecule has 242 valence electrons. The zero-order valence-corrected chi connectivity index (χ0v) is 25.8. The van der Waals surface area contributed by atoms with Crippen LogP contribution in [0.5, 0.6) is 0 Å². The van der Waals surface area contributed by atoms with Gasteiger partial charge in [-0.2, -0.15) is 4.39 Å². The van der Waals surface area contributed by atoms with E-state index < -0.39 is 72.0 Å². The van der Waals surface area contributed by atoms with Crippen LogP contribution in [0.1, 0.15) is 59.3 Å². The Bertz CT molecular complexity index is 1280. The van der Waals surface area contributed by atoms with Crippen molar-refractivity contribution < 1.29 is 37.1 Å². The zero-order chi connectivity index (χ0) is 32.2. The average molecular weight is 641 g/mol. The minimum absolute atomic E-state index is 0.0266. The Kier molecular flexibility index (Phi) is 10.9. The molecule has 4 aliphatic rings. The molecule has 3 saturated heterocycles. The van der Waals surface area contributed by atoms with Gasteiger partial charge in [-0.25, -0.2) is 13.6 Å². The van der Waals surface area contributed by atoms with Crippen molar-refractivity contribution >= 4 is 41.0 Å². The molecule has 0 aromatic heterocycles. The van der Waals surface area contributed by atoms with Crippen molar-refractivity contribution in [2.24, 2.45) is 17.8 Å². The molecule has 1 saturated carbocycles. The first-order valence-corrected chi connectivity index (χ1v) is 15.5. The highest BCUT2D eigenvalue weighted by Crippen LogP contribution is 2.49. The zero-order valence-electron chi connectivity index (χ0n) is 25.1. The fraction of sp³-hybridized carbons (Fsp3) is 0.613. The van der Waals surface area contributed by atoms with Gasteiger partial charge in [0.05, 0.1) is 18.6 Å².